The predicted molar refractivity (Wildman–Crippen MR) is 70.7 cm³/mol. The molecule has 0 aliphatic heterocycles. The molecule has 0 fully saturated rings. The summed E-state index contributed by atoms with van der Waals surface area (Å²) in [6.07, 6.45) is 8.48. The third kappa shape index (κ3) is 2.23. The van der Waals surface area contributed by atoms with Gasteiger partial charge in [-0.15, -0.1) is 5.69 Å². The van der Waals surface area contributed by atoms with Gasteiger partial charge in [-0.1, -0.05) is 60.7 Å². The van der Waals surface area contributed by atoms with Gasteiger partial charge in [-0.3, -0.25) is 0 Å². The van der Waals surface area contributed by atoms with Gasteiger partial charge in [-0.25, -0.2) is 0 Å². The highest BCUT2D eigenvalue weighted by Crippen LogP contribution is 2.20. The lowest BCUT2D eigenvalue weighted by Gasteiger charge is -2.10. The molecule has 84 valence electrons. The Hall–Kier alpha value is -2.02. The SMILES string of the molecule is C1=CC(c2ccc(Cc3ccccc3)[n-]2)=CC1. The van der Waals surface area contributed by atoms with Crippen LogP contribution >= 0.6 is 0 Å². The second kappa shape index (κ2) is 4.46. The molecular formula is C16H14N-. The molecule has 1 aliphatic rings. The highest BCUT2D eigenvalue weighted by atomic mass is 14.7. The summed E-state index contributed by atoms with van der Waals surface area (Å²) in [7, 11) is 0. The minimum atomic E-state index is 0.915. The molecular weight excluding hydrogens is 206 g/mol. The quantitative estimate of drug-likeness (QED) is 0.771. The second-order valence-electron chi connectivity index (χ2n) is 4.28. The van der Waals surface area contributed by atoms with E-state index in [1.165, 1.54) is 11.1 Å². The van der Waals surface area contributed by atoms with Crippen molar-refractivity contribution in [3.05, 3.63) is 77.6 Å². The summed E-state index contributed by atoms with van der Waals surface area (Å²) < 4.78 is 0. The van der Waals surface area contributed by atoms with Crippen molar-refractivity contribution in [2.45, 2.75) is 12.8 Å². The molecule has 1 aromatic carbocycles. The van der Waals surface area contributed by atoms with E-state index in [9.17, 15) is 0 Å². The number of benzene rings is 1. The van der Waals surface area contributed by atoms with Crippen LogP contribution in [-0.4, -0.2) is 0 Å². The van der Waals surface area contributed by atoms with Gasteiger partial charge in [0, 0.05) is 0 Å². The normalized spacial score (nSPS) is 14.0. The Bertz CT molecular complexity index is 558. The second-order valence-corrected chi connectivity index (χ2v) is 4.28. The van der Waals surface area contributed by atoms with Crippen molar-refractivity contribution < 1.29 is 0 Å². The summed E-state index contributed by atoms with van der Waals surface area (Å²) in [4.78, 5) is 4.67. The van der Waals surface area contributed by atoms with E-state index in [1.807, 2.05) is 6.07 Å². The maximum absolute atomic E-state index is 4.67. The molecule has 2 aromatic rings. The summed E-state index contributed by atoms with van der Waals surface area (Å²) in [5.74, 6) is 0. The molecule has 0 amide bonds. The van der Waals surface area contributed by atoms with E-state index in [0.717, 1.165) is 24.2 Å². The Morgan fingerprint density at radius 2 is 1.88 bits per heavy atom. The molecule has 1 aliphatic carbocycles. The van der Waals surface area contributed by atoms with E-state index in [0.29, 0.717) is 0 Å². The molecule has 1 heteroatoms. The lowest BCUT2D eigenvalue weighted by atomic mass is 10.1. The van der Waals surface area contributed by atoms with Gasteiger partial charge in [0.15, 0.2) is 0 Å². The van der Waals surface area contributed by atoms with Crippen molar-refractivity contribution in [2.75, 3.05) is 0 Å². The third-order valence-electron chi connectivity index (χ3n) is 2.99. The van der Waals surface area contributed by atoms with Crippen molar-refractivity contribution in [3.8, 4) is 0 Å². The molecule has 1 aromatic heterocycles. The molecule has 3 rings (SSSR count). The van der Waals surface area contributed by atoms with Gasteiger partial charge in [0.05, 0.1) is 0 Å². The zero-order valence-corrected chi connectivity index (χ0v) is 9.63. The molecule has 0 N–H and O–H groups in total. The molecule has 0 bridgehead atoms. The zero-order chi connectivity index (χ0) is 11.5. The maximum Gasteiger partial charge on any atom is -0.0157 e. The van der Waals surface area contributed by atoms with E-state index in [1.54, 1.807) is 0 Å². The zero-order valence-electron chi connectivity index (χ0n) is 9.63. The van der Waals surface area contributed by atoms with E-state index < -0.39 is 0 Å². The van der Waals surface area contributed by atoms with E-state index in [2.05, 4.69) is 59.6 Å². The van der Waals surface area contributed by atoms with Crippen LogP contribution < -0.4 is 4.98 Å². The fourth-order valence-corrected chi connectivity index (χ4v) is 2.12. The standard InChI is InChI=1S/C16H14N/c1-2-6-13(7-3-1)12-15-10-11-16(17-15)14-8-4-5-9-14/h1-4,6-11H,5,12H2/q-1. The first-order valence-corrected chi connectivity index (χ1v) is 5.95. The van der Waals surface area contributed by atoms with Crippen LogP contribution in [0, 0.1) is 0 Å². The molecule has 1 heterocycles. The molecule has 0 saturated carbocycles. The van der Waals surface area contributed by atoms with Crippen LogP contribution in [0.2, 0.25) is 0 Å². The van der Waals surface area contributed by atoms with E-state index in [-0.39, 0.29) is 0 Å². The summed E-state index contributed by atoms with van der Waals surface area (Å²) in [6.45, 7) is 0. The Labute approximate surface area is 102 Å². The summed E-state index contributed by atoms with van der Waals surface area (Å²) in [6, 6.07) is 14.7. The first kappa shape index (κ1) is 10.2. The first-order chi connectivity index (χ1) is 8.42. The van der Waals surface area contributed by atoms with Crippen LogP contribution in [0.4, 0.5) is 0 Å². The lowest BCUT2D eigenvalue weighted by Crippen LogP contribution is -1.91. The van der Waals surface area contributed by atoms with Crippen LogP contribution in [0.15, 0.2) is 60.7 Å². The summed E-state index contributed by atoms with van der Waals surface area (Å²) >= 11 is 0. The van der Waals surface area contributed by atoms with Gasteiger partial charge < -0.3 is 4.98 Å². The van der Waals surface area contributed by atoms with Crippen LogP contribution in [0.1, 0.15) is 23.4 Å². The van der Waals surface area contributed by atoms with Crippen LogP contribution in [0.5, 0.6) is 0 Å². The van der Waals surface area contributed by atoms with Crippen LogP contribution in [0.25, 0.3) is 5.57 Å². The van der Waals surface area contributed by atoms with Gasteiger partial charge >= 0.3 is 0 Å². The molecule has 0 atom stereocenters. The fraction of sp³-hybridized carbons (Fsp3) is 0.125. The molecule has 0 saturated heterocycles. The molecule has 0 spiro atoms. The monoisotopic (exact) mass is 220 g/mol. The average Bonchev–Trinajstić information content (AvgIpc) is 3.00. The van der Waals surface area contributed by atoms with Crippen molar-refractivity contribution in [2.24, 2.45) is 0 Å². The number of hydrogen-bond donors (Lipinski definition) is 0. The number of nitrogens with zero attached hydrogens (tertiary/aromatic N) is 1. The average molecular weight is 220 g/mol. The number of allylic oxidation sites excluding steroid dienone is 4. The largest absolute Gasteiger partial charge is 0.661 e. The Kier molecular flexibility index (Phi) is 2.66. The lowest BCUT2D eigenvalue weighted by molar-refractivity contribution is 1.08. The fourth-order valence-electron chi connectivity index (χ4n) is 2.12. The minimum Gasteiger partial charge on any atom is -0.661 e. The Balaban J connectivity index is 1.79. The van der Waals surface area contributed by atoms with Crippen molar-refractivity contribution in [3.63, 3.8) is 0 Å². The Morgan fingerprint density at radius 1 is 1.00 bits per heavy atom. The van der Waals surface area contributed by atoms with Gasteiger partial charge in [-0.2, -0.15) is 5.69 Å². The molecule has 1 nitrogen and oxygen atoms in total. The highest BCUT2D eigenvalue weighted by Gasteiger charge is 1.97. The highest BCUT2D eigenvalue weighted by molar-refractivity contribution is 5.74. The molecule has 17 heavy (non-hydrogen) atoms. The number of hydrogen-bond acceptors (Lipinski definition) is 0. The van der Waals surface area contributed by atoms with E-state index >= 15 is 0 Å². The smallest absolute Gasteiger partial charge is 0.0157 e. The van der Waals surface area contributed by atoms with E-state index in [4.69, 9.17) is 0 Å². The van der Waals surface area contributed by atoms with Crippen LogP contribution in [0.3, 0.4) is 0 Å². The number of rotatable bonds is 3. The predicted octanol–water partition coefficient (Wildman–Crippen LogP) is 3.58. The summed E-state index contributed by atoms with van der Waals surface area (Å²) in [5, 5.41) is 0. The summed E-state index contributed by atoms with van der Waals surface area (Å²) in [5.41, 5.74) is 4.81. The van der Waals surface area contributed by atoms with Gasteiger partial charge in [0.1, 0.15) is 0 Å². The van der Waals surface area contributed by atoms with Crippen LogP contribution in [-0.2, 0) is 6.42 Å². The first-order valence-electron chi connectivity index (χ1n) is 5.95. The van der Waals surface area contributed by atoms with Crippen molar-refractivity contribution in [1.82, 2.24) is 4.98 Å². The molecule has 0 radical (unpaired) electrons. The molecule has 0 unspecified atom stereocenters. The van der Waals surface area contributed by atoms with Crippen molar-refractivity contribution in [1.29, 1.82) is 0 Å². The number of aromatic nitrogens is 1. The third-order valence-corrected chi connectivity index (χ3v) is 2.99. The van der Waals surface area contributed by atoms with Gasteiger partial charge in [0.25, 0.3) is 0 Å². The van der Waals surface area contributed by atoms with Gasteiger partial charge in [0.2, 0.25) is 0 Å². The Morgan fingerprint density at radius 3 is 2.65 bits per heavy atom. The van der Waals surface area contributed by atoms with Gasteiger partial charge in [-0.05, 0) is 24.0 Å². The maximum atomic E-state index is 4.67. The van der Waals surface area contributed by atoms with Crippen molar-refractivity contribution >= 4 is 5.57 Å². The topological polar surface area (TPSA) is 14.1 Å². The minimum absolute atomic E-state index is 0.915.